The molecule has 2 N–H and O–H groups in total. The molecular formula is C21H18N4O3. The van der Waals surface area contributed by atoms with Crippen LogP contribution in [0.5, 0.6) is 0 Å². The minimum Gasteiger partial charge on any atom is -0.368 e. The molecule has 140 valence electrons. The Morgan fingerprint density at radius 2 is 2.07 bits per heavy atom. The number of hydrogen-bond acceptors (Lipinski definition) is 5. The van der Waals surface area contributed by atoms with Gasteiger partial charge in [-0.05, 0) is 43.2 Å². The van der Waals surface area contributed by atoms with Gasteiger partial charge < -0.3 is 19.6 Å². The number of nitrogens with one attached hydrogen (secondary N) is 2. The first kappa shape index (κ1) is 16.7. The van der Waals surface area contributed by atoms with Gasteiger partial charge in [-0.2, -0.15) is 4.98 Å². The maximum atomic E-state index is 12.2. The highest BCUT2D eigenvalue weighted by molar-refractivity contribution is 5.94. The molecule has 1 aliphatic heterocycles. The summed E-state index contributed by atoms with van der Waals surface area (Å²) in [6.45, 7) is 0.636. The van der Waals surface area contributed by atoms with Crippen LogP contribution in [0, 0.1) is 0 Å². The maximum Gasteiger partial charge on any atom is 0.258 e. The molecule has 4 aromatic rings. The number of fused-ring (bicyclic) bond motifs is 1. The fraction of sp³-hybridized carbons (Fsp3) is 0.190. The largest absolute Gasteiger partial charge is 0.368 e. The van der Waals surface area contributed by atoms with Crippen molar-refractivity contribution in [2.45, 2.75) is 18.9 Å². The average molecular weight is 374 g/mol. The summed E-state index contributed by atoms with van der Waals surface area (Å²) in [6.07, 6.45) is 1.29. The number of rotatable bonds is 4. The van der Waals surface area contributed by atoms with Gasteiger partial charge >= 0.3 is 0 Å². The highest BCUT2D eigenvalue weighted by Gasteiger charge is 2.23. The number of ether oxygens (including phenoxy) is 1. The topological polar surface area (TPSA) is 93.0 Å². The summed E-state index contributed by atoms with van der Waals surface area (Å²) in [7, 11) is 0. The number of aromatic nitrogens is 3. The molecule has 0 spiro atoms. The van der Waals surface area contributed by atoms with Crippen molar-refractivity contribution in [2.24, 2.45) is 0 Å². The fourth-order valence-corrected chi connectivity index (χ4v) is 3.38. The second kappa shape index (κ2) is 6.94. The summed E-state index contributed by atoms with van der Waals surface area (Å²) < 4.78 is 10.9. The number of hydrogen-bond donors (Lipinski definition) is 2. The fourth-order valence-electron chi connectivity index (χ4n) is 3.38. The van der Waals surface area contributed by atoms with Crippen molar-refractivity contribution < 1.29 is 14.1 Å². The van der Waals surface area contributed by atoms with Gasteiger partial charge in [0.25, 0.3) is 11.8 Å². The quantitative estimate of drug-likeness (QED) is 0.563. The number of nitrogens with zero attached hydrogens (tertiary/aromatic N) is 2. The minimum atomic E-state index is -0.374. The molecule has 2 aromatic carbocycles. The second-order valence-electron chi connectivity index (χ2n) is 6.77. The molecule has 1 amide bonds. The lowest BCUT2D eigenvalue weighted by Crippen LogP contribution is -2.26. The van der Waals surface area contributed by atoms with Crippen LogP contribution in [0.2, 0.25) is 0 Å². The van der Waals surface area contributed by atoms with Crippen LogP contribution in [-0.2, 0) is 9.53 Å². The molecule has 7 heteroatoms. The van der Waals surface area contributed by atoms with Gasteiger partial charge in [0.15, 0.2) is 0 Å². The third kappa shape index (κ3) is 3.16. The summed E-state index contributed by atoms with van der Waals surface area (Å²) in [6, 6.07) is 17.3. The lowest BCUT2D eigenvalue weighted by molar-refractivity contribution is -0.124. The smallest absolute Gasteiger partial charge is 0.258 e. The molecule has 1 unspecified atom stereocenters. The van der Waals surface area contributed by atoms with E-state index in [1.54, 1.807) is 0 Å². The lowest BCUT2D eigenvalue weighted by Gasteiger charge is -2.10. The van der Waals surface area contributed by atoms with Gasteiger partial charge in [0, 0.05) is 28.8 Å². The van der Waals surface area contributed by atoms with E-state index in [1.807, 2.05) is 54.6 Å². The van der Waals surface area contributed by atoms with Crippen molar-refractivity contribution in [2.75, 3.05) is 11.9 Å². The van der Waals surface area contributed by atoms with E-state index in [-0.39, 0.29) is 12.0 Å². The van der Waals surface area contributed by atoms with Gasteiger partial charge in [-0.1, -0.05) is 29.4 Å². The number of H-pyrrole nitrogens is 1. The molecule has 1 saturated heterocycles. The van der Waals surface area contributed by atoms with Gasteiger partial charge in [-0.25, -0.2) is 0 Å². The van der Waals surface area contributed by atoms with E-state index >= 15 is 0 Å². The van der Waals surface area contributed by atoms with Crippen molar-refractivity contribution in [1.82, 2.24) is 15.1 Å². The van der Waals surface area contributed by atoms with Gasteiger partial charge in [0.1, 0.15) is 6.10 Å². The Balaban J connectivity index is 1.38. The molecule has 3 heterocycles. The van der Waals surface area contributed by atoms with Crippen LogP contribution >= 0.6 is 0 Å². The molecule has 1 aliphatic rings. The normalized spacial score (nSPS) is 16.5. The Morgan fingerprint density at radius 3 is 2.93 bits per heavy atom. The SMILES string of the molecule is O=C(Nc1cccc(-c2nc(-c3cc4ccccc4[nH]3)no2)c1)C1CCCO1. The molecule has 0 bridgehead atoms. The van der Waals surface area contributed by atoms with Crippen molar-refractivity contribution >= 4 is 22.5 Å². The van der Waals surface area contributed by atoms with E-state index in [1.165, 1.54) is 0 Å². The van der Waals surface area contributed by atoms with Crippen LogP contribution in [0.1, 0.15) is 12.8 Å². The standard InChI is InChI=1S/C21H18N4O3/c26-20(18-9-4-10-27-18)22-15-7-3-6-14(11-15)21-24-19(25-28-21)17-12-13-5-1-2-8-16(13)23-17/h1-3,5-8,11-12,18,23H,4,9-10H2,(H,22,26). The predicted molar refractivity (Wildman–Crippen MR) is 105 cm³/mol. The molecule has 5 rings (SSSR count). The van der Waals surface area contributed by atoms with E-state index in [0.29, 0.717) is 24.0 Å². The van der Waals surface area contributed by atoms with Crippen LogP contribution in [0.3, 0.4) is 0 Å². The van der Waals surface area contributed by atoms with Crippen molar-refractivity contribution in [3.8, 4) is 23.0 Å². The molecule has 2 aromatic heterocycles. The summed E-state index contributed by atoms with van der Waals surface area (Å²) in [4.78, 5) is 20.0. The zero-order valence-corrected chi connectivity index (χ0v) is 15.0. The first-order chi connectivity index (χ1) is 13.8. The van der Waals surface area contributed by atoms with E-state index in [0.717, 1.165) is 35.0 Å². The van der Waals surface area contributed by atoms with Gasteiger partial charge in [0.05, 0.1) is 5.69 Å². The Kier molecular flexibility index (Phi) is 4.14. The molecule has 0 radical (unpaired) electrons. The molecule has 0 aliphatic carbocycles. The third-order valence-corrected chi connectivity index (χ3v) is 4.80. The number of benzene rings is 2. The number of aromatic amines is 1. The average Bonchev–Trinajstić information content (AvgIpc) is 3.48. The number of para-hydroxylation sites is 1. The number of anilines is 1. The third-order valence-electron chi connectivity index (χ3n) is 4.80. The highest BCUT2D eigenvalue weighted by Crippen LogP contribution is 2.26. The maximum absolute atomic E-state index is 12.2. The van der Waals surface area contributed by atoms with E-state index in [9.17, 15) is 4.79 Å². The number of carbonyl (C=O) groups is 1. The van der Waals surface area contributed by atoms with Crippen LogP contribution in [-0.4, -0.2) is 33.7 Å². The van der Waals surface area contributed by atoms with Crippen LogP contribution in [0.15, 0.2) is 59.1 Å². The zero-order valence-electron chi connectivity index (χ0n) is 15.0. The molecule has 28 heavy (non-hydrogen) atoms. The monoisotopic (exact) mass is 374 g/mol. The Labute approximate surface area is 160 Å². The van der Waals surface area contributed by atoms with Crippen molar-refractivity contribution in [3.63, 3.8) is 0 Å². The van der Waals surface area contributed by atoms with Crippen LogP contribution in [0.4, 0.5) is 5.69 Å². The molecule has 1 fully saturated rings. The van der Waals surface area contributed by atoms with Crippen LogP contribution < -0.4 is 5.32 Å². The molecule has 0 saturated carbocycles. The number of carbonyl (C=O) groups excluding carboxylic acids is 1. The second-order valence-corrected chi connectivity index (χ2v) is 6.77. The summed E-state index contributed by atoms with van der Waals surface area (Å²) in [5.41, 5.74) is 3.21. The summed E-state index contributed by atoms with van der Waals surface area (Å²) >= 11 is 0. The highest BCUT2D eigenvalue weighted by atomic mass is 16.5. The van der Waals surface area contributed by atoms with Crippen molar-refractivity contribution in [1.29, 1.82) is 0 Å². The first-order valence-corrected chi connectivity index (χ1v) is 9.21. The van der Waals surface area contributed by atoms with E-state index in [2.05, 4.69) is 20.4 Å². The zero-order chi connectivity index (χ0) is 18.9. The predicted octanol–water partition coefficient (Wildman–Crippen LogP) is 4.00. The number of amides is 1. The summed E-state index contributed by atoms with van der Waals surface area (Å²) in [5.74, 6) is 0.751. The summed E-state index contributed by atoms with van der Waals surface area (Å²) in [5, 5.41) is 8.06. The lowest BCUT2D eigenvalue weighted by atomic mass is 10.2. The molecule has 1 atom stereocenters. The van der Waals surface area contributed by atoms with Gasteiger partial charge in [-0.15, -0.1) is 0 Å². The van der Waals surface area contributed by atoms with Crippen LogP contribution in [0.25, 0.3) is 33.9 Å². The van der Waals surface area contributed by atoms with Gasteiger partial charge in [-0.3, -0.25) is 4.79 Å². The molecular weight excluding hydrogens is 356 g/mol. The van der Waals surface area contributed by atoms with Crippen molar-refractivity contribution in [3.05, 3.63) is 54.6 Å². The van der Waals surface area contributed by atoms with E-state index in [4.69, 9.17) is 9.26 Å². The Bertz CT molecular complexity index is 1110. The van der Waals surface area contributed by atoms with E-state index < -0.39 is 0 Å². The minimum absolute atomic E-state index is 0.126. The Morgan fingerprint density at radius 1 is 1.14 bits per heavy atom. The molecule has 7 nitrogen and oxygen atoms in total. The Hall–Kier alpha value is -3.45. The van der Waals surface area contributed by atoms with Gasteiger partial charge in [0.2, 0.25) is 5.82 Å². The first-order valence-electron chi connectivity index (χ1n) is 9.21.